The lowest BCUT2D eigenvalue weighted by Gasteiger charge is -2.28. The molecular weight excluding hydrogens is 358 g/mol. The van der Waals surface area contributed by atoms with Gasteiger partial charge in [-0.15, -0.1) is 5.10 Å². The van der Waals surface area contributed by atoms with E-state index in [2.05, 4.69) is 15.3 Å². The molecule has 1 aromatic carbocycles. The Morgan fingerprint density at radius 1 is 1.25 bits per heavy atom. The van der Waals surface area contributed by atoms with Crippen molar-refractivity contribution >= 4 is 16.6 Å². The lowest BCUT2D eigenvalue weighted by Crippen LogP contribution is -2.39. The van der Waals surface area contributed by atoms with Crippen LogP contribution in [0, 0.1) is 18.4 Å². The number of para-hydroxylation sites is 2. The minimum atomic E-state index is -0.723. The Kier molecular flexibility index (Phi) is 3.41. The van der Waals surface area contributed by atoms with Gasteiger partial charge in [0.2, 0.25) is 6.19 Å². The number of fused-ring (bicyclic) bond motifs is 3. The average Bonchev–Trinajstić information content (AvgIpc) is 3.40. The fourth-order valence-electron chi connectivity index (χ4n) is 4.03. The Morgan fingerprint density at radius 2 is 2.04 bits per heavy atom. The van der Waals surface area contributed by atoms with Crippen molar-refractivity contribution in [2.45, 2.75) is 32.4 Å². The highest BCUT2D eigenvalue weighted by atomic mass is 16.5. The summed E-state index contributed by atoms with van der Waals surface area (Å²) in [7, 11) is 0. The maximum atomic E-state index is 13.7. The van der Waals surface area contributed by atoms with Crippen LogP contribution < -0.4 is 5.56 Å². The topological polar surface area (TPSA) is 103 Å². The molecule has 3 aromatic heterocycles. The SMILES string of the molecule is Cc1c(-c2ncn3c2c(=O)n(C2(C)CCCO2)c2ccccc23)nnn1C#N. The van der Waals surface area contributed by atoms with E-state index in [9.17, 15) is 4.79 Å². The van der Waals surface area contributed by atoms with Crippen molar-refractivity contribution in [3.63, 3.8) is 0 Å². The molecule has 0 spiro atoms. The van der Waals surface area contributed by atoms with Crippen LogP contribution in [0.15, 0.2) is 35.4 Å². The molecule has 0 aliphatic carbocycles. The highest BCUT2D eigenvalue weighted by molar-refractivity contribution is 5.84. The van der Waals surface area contributed by atoms with E-state index in [1.807, 2.05) is 37.4 Å². The van der Waals surface area contributed by atoms with Crippen LogP contribution in [0.2, 0.25) is 0 Å². The van der Waals surface area contributed by atoms with E-state index in [0.29, 0.717) is 29.2 Å². The molecule has 1 saturated heterocycles. The predicted molar refractivity (Wildman–Crippen MR) is 101 cm³/mol. The van der Waals surface area contributed by atoms with E-state index in [0.717, 1.165) is 28.6 Å². The van der Waals surface area contributed by atoms with Gasteiger partial charge in [-0.2, -0.15) is 9.94 Å². The molecule has 9 nitrogen and oxygen atoms in total. The quantitative estimate of drug-likeness (QED) is 0.531. The highest BCUT2D eigenvalue weighted by Gasteiger charge is 2.35. The fourth-order valence-corrected chi connectivity index (χ4v) is 4.03. The van der Waals surface area contributed by atoms with Crippen molar-refractivity contribution in [3.05, 3.63) is 46.6 Å². The summed E-state index contributed by atoms with van der Waals surface area (Å²) in [6.07, 6.45) is 5.19. The first-order valence-electron chi connectivity index (χ1n) is 9.03. The second kappa shape index (κ2) is 5.74. The Hall–Kier alpha value is -3.51. The zero-order valence-electron chi connectivity index (χ0n) is 15.5. The van der Waals surface area contributed by atoms with Crippen molar-refractivity contribution in [2.24, 2.45) is 0 Å². The molecule has 0 amide bonds. The lowest BCUT2D eigenvalue weighted by molar-refractivity contribution is -0.0447. The van der Waals surface area contributed by atoms with Gasteiger partial charge in [0.1, 0.15) is 29.0 Å². The van der Waals surface area contributed by atoms with Gasteiger partial charge in [0.15, 0.2) is 0 Å². The van der Waals surface area contributed by atoms with Crippen molar-refractivity contribution in [1.29, 1.82) is 5.26 Å². The van der Waals surface area contributed by atoms with Crippen molar-refractivity contribution < 1.29 is 4.74 Å². The van der Waals surface area contributed by atoms with Gasteiger partial charge >= 0.3 is 0 Å². The molecule has 9 heteroatoms. The maximum Gasteiger partial charge on any atom is 0.280 e. The molecule has 1 aliphatic rings. The molecule has 0 saturated carbocycles. The molecule has 0 radical (unpaired) electrons. The zero-order chi connectivity index (χ0) is 19.5. The van der Waals surface area contributed by atoms with Crippen LogP contribution in [-0.4, -0.2) is 35.6 Å². The molecule has 5 rings (SSSR count). The third-order valence-corrected chi connectivity index (χ3v) is 5.44. The van der Waals surface area contributed by atoms with Gasteiger partial charge in [-0.3, -0.25) is 13.8 Å². The minimum absolute atomic E-state index is 0.207. The largest absolute Gasteiger partial charge is 0.355 e. The van der Waals surface area contributed by atoms with Crippen molar-refractivity contribution in [1.82, 2.24) is 28.9 Å². The zero-order valence-corrected chi connectivity index (χ0v) is 15.5. The molecule has 0 N–H and O–H groups in total. The first-order valence-corrected chi connectivity index (χ1v) is 9.03. The van der Waals surface area contributed by atoms with Crippen LogP contribution in [0.1, 0.15) is 25.5 Å². The summed E-state index contributed by atoms with van der Waals surface area (Å²) in [5.74, 6) is 0. The Bertz CT molecular complexity index is 1330. The number of rotatable bonds is 2. The molecular formula is C19H17N7O2. The fraction of sp³-hybridized carbons (Fsp3) is 0.316. The summed E-state index contributed by atoms with van der Waals surface area (Å²) < 4.78 is 10.6. The van der Waals surface area contributed by atoms with Gasteiger partial charge in [-0.1, -0.05) is 17.3 Å². The normalized spacial score (nSPS) is 19.5. The number of nitriles is 1. The second-order valence-corrected chi connectivity index (χ2v) is 7.10. The van der Waals surface area contributed by atoms with E-state index < -0.39 is 5.72 Å². The molecule has 1 atom stereocenters. The molecule has 4 aromatic rings. The monoisotopic (exact) mass is 375 g/mol. The van der Waals surface area contributed by atoms with Crippen molar-refractivity contribution in [2.75, 3.05) is 6.61 Å². The summed E-state index contributed by atoms with van der Waals surface area (Å²) in [4.78, 5) is 18.1. The van der Waals surface area contributed by atoms with E-state index >= 15 is 0 Å². The van der Waals surface area contributed by atoms with Gasteiger partial charge in [-0.05, 0) is 38.8 Å². The van der Waals surface area contributed by atoms with E-state index in [4.69, 9.17) is 10.00 Å². The van der Waals surface area contributed by atoms with Gasteiger partial charge in [0.05, 0.1) is 16.7 Å². The number of ether oxygens (including phenoxy) is 1. The van der Waals surface area contributed by atoms with E-state index in [1.165, 1.54) is 0 Å². The summed E-state index contributed by atoms with van der Waals surface area (Å²) in [6.45, 7) is 4.28. The number of hydrogen-bond donors (Lipinski definition) is 0. The van der Waals surface area contributed by atoms with Crippen LogP contribution in [0.3, 0.4) is 0 Å². The molecule has 1 unspecified atom stereocenters. The van der Waals surface area contributed by atoms with Crippen LogP contribution in [0.4, 0.5) is 0 Å². The summed E-state index contributed by atoms with van der Waals surface area (Å²) in [6, 6.07) is 7.69. The molecule has 1 fully saturated rings. The number of benzene rings is 1. The third kappa shape index (κ3) is 2.09. The summed E-state index contributed by atoms with van der Waals surface area (Å²) in [5.41, 5.74) is 2.45. The van der Waals surface area contributed by atoms with Gasteiger partial charge in [0.25, 0.3) is 5.56 Å². The van der Waals surface area contributed by atoms with Crippen LogP contribution in [0.5, 0.6) is 0 Å². The van der Waals surface area contributed by atoms with Gasteiger partial charge in [0, 0.05) is 6.61 Å². The summed E-state index contributed by atoms with van der Waals surface area (Å²) >= 11 is 0. The van der Waals surface area contributed by atoms with E-state index in [-0.39, 0.29) is 5.56 Å². The predicted octanol–water partition coefficient (Wildman–Crippen LogP) is 2.03. The molecule has 4 heterocycles. The molecule has 140 valence electrons. The standard InChI is InChI=1S/C19H17N7O2/c1-12-15(22-23-25(12)10-20)16-17-18(27)26(19(2)8-5-9-28-19)14-7-4-3-6-13(14)24(17)11-21-16/h3-4,6-7,11H,5,8-9H2,1-2H3. The molecule has 1 aliphatic heterocycles. The first kappa shape index (κ1) is 16.6. The smallest absolute Gasteiger partial charge is 0.280 e. The van der Waals surface area contributed by atoms with Crippen LogP contribution >= 0.6 is 0 Å². The number of nitrogens with zero attached hydrogens (tertiary/aromatic N) is 7. The maximum absolute atomic E-state index is 13.7. The lowest BCUT2D eigenvalue weighted by atomic mass is 10.1. The average molecular weight is 375 g/mol. The Balaban J connectivity index is 1.93. The molecule has 0 bridgehead atoms. The van der Waals surface area contributed by atoms with Crippen molar-refractivity contribution in [3.8, 4) is 17.6 Å². The minimum Gasteiger partial charge on any atom is -0.355 e. The van der Waals surface area contributed by atoms with Gasteiger partial charge in [-0.25, -0.2) is 4.98 Å². The van der Waals surface area contributed by atoms with Gasteiger partial charge < -0.3 is 4.74 Å². The Morgan fingerprint density at radius 3 is 2.71 bits per heavy atom. The number of aromatic nitrogens is 6. The van der Waals surface area contributed by atoms with Crippen LogP contribution in [0.25, 0.3) is 27.9 Å². The number of hydrogen-bond acceptors (Lipinski definition) is 6. The highest BCUT2D eigenvalue weighted by Crippen LogP contribution is 2.33. The van der Waals surface area contributed by atoms with E-state index in [1.54, 1.807) is 22.2 Å². The first-order chi connectivity index (χ1) is 13.5. The Labute approximate surface area is 159 Å². The summed E-state index contributed by atoms with van der Waals surface area (Å²) in [5, 5.41) is 17.1. The number of imidazole rings is 1. The van der Waals surface area contributed by atoms with Crippen LogP contribution in [-0.2, 0) is 10.5 Å². The third-order valence-electron chi connectivity index (χ3n) is 5.44. The second-order valence-electron chi connectivity index (χ2n) is 7.10. The molecule has 28 heavy (non-hydrogen) atoms.